The lowest BCUT2D eigenvalue weighted by molar-refractivity contribution is -0.378. The molecule has 1 rings (SSSR count). The first-order valence-electron chi connectivity index (χ1n) is 2.01. The van der Waals surface area contributed by atoms with Gasteiger partial charge in [-0.15, -0.1) is 0 Å². The third kappa shape index (κ3) is 1.27. The second-order valence-electron chi connectivity index (χ2n) is 1.22. The van der Waals surface area contributed by atoms with Crippen LogP contribution in [0.25, 0.3) is 0 Å². The van der Waals surface area contributed by atoms with Gasteiger partial charge in [-0.1, -0.05) is 0 Å². The van der Waals surface area contributed by atoms with Crippen LogP contribution in [0.5, 0.6) is 0 Å². The topological polar surface area (TPSA) is 14.1 Å². The van der Waals surface area contributed by atoms with E-state index in [0.29, 0.717) is 0 Å². The van der Waals surface area contributed by atoms with E-state index < -0.39 is 0 Å². The minimum Gasteiger partial charge on any atom is -0.217 e. The van der Waals surface area contributed by atoms with E-state index in [4.69, 9.17) is 0 Å². The fraction of sp³-hybridized carbons (Fsp3) is 0. The van der Waals surface area contributed by atoms with Crippen molar-refractivity contribution in [2.75, 3.05) is 0 Å². The summed E-state index contributed by atoms with van der Waals surface area (Å²) in [6.07, 6.45) is 3.74. The van der Waals surface area contributed by atoms with E-state index in [1.165, 1.54) is 0 Å². The summed E-state index contributed by atoms with van der Waals surface area (Å²) >= 11 is 3.28. The normalized spacial score (nSPS) is 8.71. The van der Waals surface area contributed by atoms with Gasteiger partial charge in [0.05, 0.1) is 4.47 Å². The Hall–Kier alpha value is -0.370. The Morgan fingerprint density at radius 1 is 1.57 bits per heavy atom. The van der Waals surface area contributed by atoms with Crippen LogP contribution in [0.2, 0.25) is 0 Å². The molecule has 0 aliphatic rings. The zero-order chi connectivity index (χ0) is 5.11. The lowest BCUT2D eigenvalue weighted by Gasteiger charge is -1.74. The highest BCUT2D eigenvalue weighted by atomic mass is 79.9. The molecule has 0 aliphatic carbocycles. The molecule has 0 bridgehead atoms. The third-order valence-corrected chi connectivity index (χ3v) is 1.16. The maximum atomic E-state index is 3.28. The molecule has 1 nitrogen and oxygen atoms in total. The molecule has 0 fully saturated rings. The van der Waals surface area contributed by atoms with Gasteiger partial charge in [-0.25, -0.2) is 4.98 Å². The summed E-state index contributed by atoms with van der Waals surface area (Å²) in [4.78, 5) is 2.91. The Kier molecular flexibility index (Phi) is 1.42. The van der Waals surface area contributed by atoms with Gasteiger partial charge in [0, 0.05) is 6.07 Å². The van der Waals surface area contributed by atoms with E-state index in [1.54, 1.807) is 0 Å². The van der Waals surface area contributed by atoms with Gasteiger partial charge in [0.1, 0.15) is 0 Å². The van der Waals surface area contributed by atoms with E-state index in [2.05, 4.69) is 20.9 Å². The molecule has 0 spiro atoms. The molecular weight excluding hydrogens is 154 g/mol. The highest BCUT2D eigenvalue weighted by Crippen LogP contribution is 2.01. The minimum absolute atomic E-state index is 1.08. The molecule has 0 saturated carbocycles. The van der Waals surface area contributed by atoms with Crippen molar-refractivity contribution in [3.05, 3.63) is 29.0 Å². The predicted molar refractivity (Wildman–Crippen MR) is 30.7 cm³/mol. The summed E-state index contributed by atoms with van der Waals surface area (Å²) in [6.45, 7) is 0. The molecule has 36 valence electrons. The molecule has 0 aromatic carbocycles. The number of hydrogen-bond acceptors (Lipinski definition) is 0. The first kappa shape index (κ1) is 4.78. The van der Waals surface area contributed by atoms with Crippen LogP contribution in [0, 0.1) is 0 Å². The van der Waals surface area contributed by atoms with Crippen molar-refractivity contribution >= 4 is 15.9 Å². The number of pyridine rings is 1. The van der Waals surface area contributed by atoms with Gasteiger partial charge in [0.15, 0.2) is 12.4 Å². The minimum atomic E-state index is 1.08. The van der Waals surface area contributed by atoms with Crippen LogP contribution < -0.4 is 4.98 Å². The first-order valence-corrected chi connectivity index (χ1v) is 2.80. The van der Waals surface area contributed by atoms with Gasteiger partial charge in [0.25, 0.3) is 0 Å². The van der Waals surface area contributed by atoms with Gasteiger partial charge in [-0.05, 0) is 22.0 Å². The Balaban J connectivity index is 3.02. The second kappa shape index (κ2) is 2.07. The average Bonchev–Trinajstić information content (AvgIpc) is 1.69. The first-order chi connectivity index (χ1) is 3.39. The van der Waals surface area contributed by atoms with Gasteiger partial charge in [0.2, 0.25) is 0 Å². The number of aromatic amines is 1. The smallest absolute Gasteiger partial charge is 0.181 e. The van der Waals surface area contributed by atoms with Crippen LogP contribution in [-0.4, -0.2) is 0 Å². The third-order valence-electron chi connectivity index (χ3n) is 0.669. The molecule has 0 amide bonds. The van der Waals surface area contributed by atoms with Crippen LogP contribution >= 0.6 is 15.9 Å². The summed E-state index contributed by atoms with van der Waals surface area (Å²) in [7, 11) is 0. The summed E-state index contributed by atoms with van der Waals surface area (Å²) in [5.74, 6) is 0. The molecule has 0 unspecified atom stereocenters. The fourth-order valence-corrected chi connectivity index (χ4v) is 0.656. The largest absolute Gasteiger partial charge is 0.217 e. The van der Waals surface area contributed by atoms with Gasteiger partial charge in [-0.3, -0.25) is 0 Å². The van der Waals surface area contributed by atoms with Crippen LogP contribution in [0.3, 0.4) is 0 Å². The zero-order valence-electron chi connectivity index (χ0n) is 3.69. The maximum absolute atomic E-state index is 3.28. The molecule has 1 heterocycles. The van der Waals surface area contributed by atoms with Gasteiger partial charge in [-0.2, -0.15) is 0 Å². The number of nitrogens with one attached hydrogen (secondary N) is 1. The molecular formula is C5H5BrN+. The van der Waals surface area contributed by atoms with Crippen LogP contribution in [0.1, 0.15) is 0 Å². The molecule has 0 aliphatic heterocycles. The van der Waals surface area contributed by atoms with Crippen molar-refractivity contribution in [2.24, 2.45) is 0 Å². The molecule has 1 aromatic heterocycles. The zero-order valence-corrected chi connectivity index (χ0v) is 5.27. The van der Waals surface area contributed by atoms with Crippen molar-refractivity contribution in [1.29, 1.82) is 0 Å². The molecule has 1 N–H and O–H groups in total. The number of aromatic nitrogens is 1. The van der Waals surface area contributed by atoms with Crippen molar-refractivity contribution in [2.45, 2.75) is 0 Å². The maximum Gasteiger partial charge on any atom is 0.181 e. The summed E-state index contributed by atoms with van der Waals surface area (Å²) < 4.78 is 1.08. The summed E-state index contributed by atoms with van der Waals surface area (Å²) in [5.41, 5.74) is 0. The Bertz CT molecular complexity index is 138. The number of halogens is 1. The van der Waals surface area contributed by atoms with Crippen molar-refractivity contribution in [3.8, 4) is 0 Å². The highest BCUT2D eigenvalue weighted by molar-refractivity contribution is 9.10. The van der Waals surface area contributed by atoms with Crippen LogP contribution in [-0.2, 0) is 0 Å². The van der Waals surface area contributed by atoms with E-state index in [0.717, 1.165) is 4.47 Å². The highest BCUT2D eigenvalue weighted by Gasteiger charge is 1.81. The molecule has 0 saturated heterocycles. The number of hydrogen-bond donors (Lipinski definition) is 0. The van der Waals surface area contributed by atoms with E-state index >= 15 is 0 Å². The average molecular weight is 159 g/mol. The van der Waals surface area contributed by atoms with Crippen LogP contribution in [0.4, 0.5) is 0 Å². The Labute approximate surface area is 50.5 Å². The van der Waals surface area contributed by atoms with E-state index in [1.807, 2.05) is 24.5 Å². The molecule has 7 heavy (non-hydrogen) atoms. The molecule has 2 heteroatoms. The quantitative estimate of drug-likeness (QED) is 0.541. The fourth-order valence-electron chi connectivity index (χ4n) is 0.371. The lowest BCUT2D eigenvalue weighted by atomic mass is 10.5. The SMILES string of the molecule is Brc1ccc[nH+]c1. The van der Waals surface area contributed by atoms with Gasteiger partial charge < -0.3 is 0 Å². The number of rotatable bonds is 0. The van der Waals surface area contributed by atoms with Crippen molar-refractivity contribution in [1.82, 2.24) is 0 Å². The predicted octanol–water partition coefficient (Wildman–Crippen LogP) is 1.26. The Morgan fingerprint density at radius 2 is 2.43 bits per heavy atom. The number of H-pyrrole nitrogens is 1. The molecule has 0 radical (unpaired) electrons. The van der Waals surface area contributed by atoms with Gasteiger partial charge >= 0.3 is 0 Å². The Morgan fingerprint density at radius 3 is 2.71 bits per heavy atom. The van der Waals surface area contributed by atoms with E-state index in [-0.39, 0.29) is 0 Å². The monoisotopic (exact) mass is 158 g/mol. The molecule has 0 atom stereocenters. The van der Waals surface area contributed by atoms with Crippen molar-refractivity contribution in [3.63, 3.8) is 0 Å². The summed E-state index contributed by atoms with van der Waals surface area (Å²) in [5, 5.41) is 0. The van der Waals surface area contributed by atoms with Crippen LogP contribution in [0.15, 0.2) is 29.0 Å². The lowest BCUT2D eigenvalue weighted by Crippen LogP contribution is -1.95. The standard InChI is InChI=1S/C5H4BrN/c6-5-2-1-3-7-4-5/h1-4H/p+1. The second-order valence-corrected chi connectivity index (χ2v) is 2.14. The van der Waals surface area contributed by atoms with Crippen molar-refractivity contribution < 1.29 is 4.98 Å². The molecule has 1 aromatic rings. The summed E-state index contributed by atoms with van der Waals surface area (Å²) in [6, 6.07) is 3.90. The van der Waals surface area contributed by atoms with E-state index in [9.17, 15) is 0 Å².